The summed E-state index contributed by atoms with van der Waals surface area (Å²) in [6, 6.07) is 41.1. The normalized spacial score (nSPS) is 14.8. The van der Waals surface area contributed by atoms with Crippen LogP contribution < -0.4 is 26.6 Å². The van der Waals surface area contributed by atoms with Gasteiger partial charge in [-0.15, -0.1) is 32.0 Å². The highest BCUT2D eigenvalue weighted by molar-refractivity contribution is 6.17. The number of hydrogen-bond acceptors (Lipinski definition) is 14. The molecule has 0 unspecified atom stereocenters. The van der Waals surface area contributed by atoms with Gasteiger partial charge in [0.15, 0.2) is 34.9 Å². The fraction of sp³-hybridized carbons (Fsp3) is 0.333. The molecule has 0 aliphatic carbocycles. The van der Waals surface area contributed by atoms with Crippen molar-refractivity contribution in [1.29, 1.82) is 0 Å². The number of rotatable bonds is 7. The number of ether oxygens (including phenoxy) is 2. The van der Waals surface area contributed by atoms with Crippen LogP contribution in [-0.2, 0) is 21.9 Å². The summed E-state index contributed by atoms with van der Waals surface area (Å²) in [6.07, 6.45) is 6.72. The van der Waals surface area contributed by atoms with Gasteiger partial charge >= 0.3 is 12.2 Å². The maximum atomic E-state index is 12.1. The van der Waals surface area contributed by atoms with Crippen LogP contribution in [0.4, 0.5) is 32.6 Å². The summed E-state index contributed by atoms with van der Waals surface area (Å²) < 4.78 is 14.7. The van der Waals surface area contributed by atoms with Crippen LogP contribution in [0.5, 0.6) is 0 Å². The number of benzene rings is 4. The number of nitrogens with one attached hydrogen (secondary N) is 5. The van der Waals surface area contributed by atoms with Crippen LogP contribution in [0.1, 0.15) is 78.4 Å². The summed E-state index contributed by atoms with van der Waals surface area (Å²) in [5.41, 5.74) is 9.10. The molecule has 0 spiro atoms. The molecule has 0 saturated carbocycles. The van der Waals surface area contributed by atoms with E-state index < -0.39 is 11.2 Å². The van der Waals surface area contributed by atoms with Crippen LogP contribution in [0.2, 0.25) is 0 Å². The molecule has 5 N–H and O–H groups in total. The van der Waals surface area contributed by atoms with Crippen molar-refractivity contribution in [3.63, 3.8) is 0 Å². The Bertz CT molecular complexity index is 3390. The zero-order valence-corrected chi connectivity index (χ0v) is 46.2. The van der Waals surface area contributed by atoms with Crippen molar-refractivity contribution >= 4 is 46.8 Å². The molecule has 2 saturated heterocycles. The molecule has 4 aromatic heterocycles. The Morgan fingerprint density at radius 2 is 0.987 bits per heavy atom. The first kappa shape index (κ1) is 54.2. The average Bonchev–Trinajstić information content (AvgIpc) is 4.25. The number of aromatic nitrogens is 8. The number of carbonyl (C=O) groups is 2. The van der Waals surface area contributed by atoms with Gasteiger partial charge in [-0.2, -0.15) is 0 Å². The third-order valence-electron chi connectivity index (χ3n) is 13.6. The lowest BCUT2D eigenvalue weighted by molar-refractivity contribution is 0.0471. The van der Waals surface area contributed by atoms with E-state index in [9.17, 15) is 9.59 Å². The standard InChI is InChI=1S/C30H33N7O2.C20H14ClN5.C10H20N2O2/c1-30(2,3)39-29(38)32-22-14-17-36(18-15-22)19-20-10-12-21(13-11-20)27-34-35-28-23-7-4-5-8-24(23)33-26-25(37(27)28)9-6-16-31-26;21-12-13-7-9-14(10-8-13)19-24-25-20-15-4-1-2-5-16(15)23-18-17(26(19)20)6-3-11-22-18;1-10(2,3)14-9(13)12-8-4-6-11-7-5-8/h4-13,16,22H,14-15,17-19H2,1-3H3,(H,31,33)(H,32,38);1-11H,12H2,(H,22,23);8,11H,4-7H2,1-3H3,(H,12,13). The highest BCUT2D eigenvalue weighted by Gasteiger charge is 2.28. The number of pyridine rings is 2. The molecule has 8 heterocycles. The predicted molar refractivity (Wildman–Crippen MR) is 309 cm³/mol. The number of halogens is 1. The van der Waals surface area contributed by atoms with E-state index in [0.717, 1.165) is 144 Å². The Kier molecular flexibility index (Phi) is 16.3. The Hall–Kier alpha value is -8.19. The third-order valence-corrected chi connectivity index (χ3v) is 13.9. The zero-order chi connectivity index (χ0) is 55.1. The van der Waals surface area contributed by atoms with Crippen LogP contribution in [0, 0.1) is 0 Å². The molecule has 12 rings (SSSR count). The number of likely N-dealkylation sites (tertiary alicyclic amines) is 1. The molecule has 79 heavy (non-hydrogen) atoms. The van der Waals surface area contributed by atoms with E-state index in [4.69, 9.17) is 21.1 Å². The molecular weight excluding hydrogens is 1020 g/mol. The van der Waals surface area contributed by atoms with E-state index in [-0.39, 0.29) is 24.3 Å². The van der Waals surface area contributed by atoms with E-state index in [1.54, 1.807) is 12.4 Å². The van der Waals surface area contributed by atoms with Crippen molar-refractivity contribution in [3.05, 3.63) is 145 Å². The van der Waals surface area contributed by atoms with Gasteiger partial charge in [0.1, 0.15) is 11.2 Å². The predicted octanol–water partition coefficient (Wildman–Crippen LogP) is 11.6. The lowest BCUT2D eigenvalue weighted by Gasteiger charge is -2.32. The van der Waals surface area contributed by atoms with Crippen LogP contribution in [0.3, 0.4) is 0 Å². The quantitative estimate of drug-likeness (QED) is 0.0943. The third kappa shape index (κ3) is 13.2. The number of piperidine rings is 2. The number of amides is 2. The van der Waals surface area contributed by atoms with Crippen molar-refractivity contribution in [1.82, 2.24) is 60.3 Å². The number of hydrogen-bond donors (Lipinski definition) is 5. The molecule has 8 aromatic rings. The minimum absolute atomic E-state index is 0.152. The van der Waals surface area contributed by atoms with Gasteiger partial charge in [0.2, 0.25) is 0 Å². The Morgan fingerprint density at radius 3 is 1.44 bits per heavy atom. The van der Waals surface area contributed by atoms with Crippen molar-refractivity contribution < 1.29 is 19.1 Å². The summed E-state index contributed by atoms with van der Waals surface area (Å²) in [7, 11) is 0. The second-order valence-corrected chi connectivity index (χ2v) is 22.1. The molecule has 4 aromatic carbocycles. The fourth-order valence-electron chi connectivity index (χ4n) is 9.83. The summed E-state index contributed by atoms with van der Waals surface area (Å²) in [6.45, 7) is 15.9. The number of alkyl halides is 1. The van der Waals surface area contributed by atoms with Crippen LogP contribution >= 0.6 is 11.6 Å². The van der Waals surface area contributed by atoms with Gasteiger partial charge in [-0.05, 0) is 140 Å². The first-order valence-corrected chi connectivity index (χ1v) is 27.4. The summed E-state index contributed by atoms with van der Waals surface area (Å²) in [5, 5.41) is 34.2. The summed E-state index contributed by atoms with van der Waals surface area (Å²) >= 11 is 5.91. The number of nitrogens with zero attached hydrogens (tertiary/aromatic N) is 9. The van der Waals surface area contributed by atoms with Gasteiger partial charge < -0.3 is 36.1 Å². The molecule has 18 nitrogen and oxygen atoms in total. The van der Waals surface area contributed by atoms with Crippen molar-refractivity contribution in [3.8, 4) is 56.9 Å². The molecule has 0 radical (unpaired) electrons. The van der Waals surface area contributed by atoms with Gasteiger partial charge in [0, 0.05) is 72.2 Å². The van der Waals surface area contributed by atoms with Gasteiger partial charge in [0.05, 0.1) is 22.7 Å². The summed E-state index contributed by atoms with van der Waals surface area (Å²) in [5.74, 6) is 5.15. The summed E-state index contributed by atoms with van der Waals surface area (Å²) in [4.78, 5) is 35.0. The number of anilines is 4. The van der Waals surface area contributed by atoms with Gasteiger partial charge in [-0.3, -0.25) is 14.0 Å². The van der Waals surface area contributed by atoms with Gasteiger partial charge in [0.25, 0.3) is 0 Å². The maximum Gasteiger partial charge on any atom is 0.407 e. The highest BCUT2D eigenvalue weighted by atomic mass is 35.5. The molecule has 0 bridgehead atoms. The molecule has 4 aliphatic heterocycles. The lowest BCUT2D eigenvalue weighted by atomic mass is 10.0. The van der Waals surface area contributed by atoms with Crippen LogP contribution in [0.15, 0.2) is 134 Å². The number of fused-ring (bicyclic) bond motifs is 10. The van der Waals surface area contributed by atoms with Crippen LogP contribution in [-0.4, -0.2) is 106 Å². The van der Waals surface area contributed by atoms with E-state index in [0.29, 0.717) is 5.88 Å². The second-order valence-electron chi connectivity index (χ2n) is 21.8. The first-order chi connectivity index (χ1) is 38.2. The molecule has 2 fully saturated rings. The molecule has 19 heteroatoms. The van der Waals surface area contributed by atoms with Crippen LogP contribution in [0.25, 0.3) is 56.9 Å². The molecule has 2 amide bonds. The average molecular weight is 1080 g/mol. The van der Waals surface area contributed by atoms with Gasteiger partial charge in [-0.1, -0.05) is 72.8 Å². The largest absolute Gasteiger partial charge is 0.444 e. The van der Waals surface area contributed by atoms with Crippen molar-refractivity contribution in [2.75, 3.05) is 36.8 Å². The Labute approximate surface area is 465 Å². The number of para-hydroxylation sites is 2. The first-order valence-electron chi connectivity index (χ1n) is 26.9. The van der Waals surface area contributed by atoms with E-state index in [1.807, 2.05) is 139 Å². The Balaban J connectivity index is 0.000000151. The van der Waals surface area contributed by atoms with Crippen molar-refractivity contribution in [2.24, 2.45) is 0 Å². The number of alkyl carbamates (subject to hydrolysis) is 2. The topological polar surface area (TPSA) is 203 Å². The minimum atomic E-state index is -0.483. The molecule has 408 valence electrons. The van der Waals surface area contributed by atoms with E-state index in [1.165, 1.54) is 5.56 Å². The smallest absolute Gasteiger partial charge is 0.407 e. The minimum Gasteiger partial charge on any atom is -0.444 e. The van der Waals surface area contributed by atoms with Gasteiger partial charge in [-0.25, -0.2) is 19.6 Å². The molecule has 4 aliphatic rings. The Morgan fingerprint density at radius 1 is 0.557 bits per heavy atom. The fourth-order valence-corrected chi connectivity index (χ4v) is 10.0. The van der Waals surface area contributed by atoms with E-state index in [2.05, 4.69) is 95.2 Å². The second kappa shape index (κ2) is 23.8. The molecule has 0 atom stereocenters. The SMILES string of the molecule is CC(C)(C)OC(=O)NC1CCN(Cc2ccc(-c3nnc4n3-c3cccnc3Nc3ccccc3-4)cc2)CC1.CC(C)(C)OC(=O)NC1CCNCC1.ClCc1ccc(-c2nnc3n2-c2cccnc2Nc2ccccc2-3)cc1. The maximum absolute atomic E-state index is 12.1. The van der Waals surface area contributed by atoms with E-state index >= 15 is 0 Å². The van der Waals surface area contributed by atoms with Crippen molar-refractivity contribution in [2.45, 2.75) is 103 Å². The number of carbonyl (C=O) groups excluding carboxylic acids is 2. The lowest BCUT2D eigenvalue weighted by Crippen LogP contribution is -2.45. The monoisotopic (exact) mass is 1080 g/mol. The zero-order valence-electron chi connectivity index (χ0n) is 45.5. The highest BCUT2D eigenvalue weighted by Crippen LogP contribution is 2.41. The molecular formula is C60H67ClN14O4.